The topological polar surface area (TPSA) is 64.6 Å². The fourth-order valence-electron chi connectivity index (χ4n) is 6.34. The predicted octanol–water partition coefficient (Wildman–Crippen LogP) is 2.01. The van der Waals surface area contributed by atoms with Crippen LogP contribution in [-0.4, -0.2) is 72.6 Å². The van der Waals surface area contributed by atoms with Gasteiger partial charge in [0.2, 0.25) is 11.9 Å². The lowest BCUT2D eigenvalue weighted by Crippen LogP contribution is -2.57. The van der Waals surface area contributed by atoms with Crippen LogP contribution >= 0.6 is 0 Å². The van der Waals surface area contributed by atoms with Crippen molar-refractivity contribution in [2.45, 2.75) is 51.0 Å². The molecule has 32 heavy (non-hydrogen) atoms. The number of carbonyl (C=O) groups excluding carboxylic acids is 1. The summed E-state index contributed by atoms with van der Waals surface area (Å²) in [5, 5.41) is 3.29. The van der Waals surface area contributed by atoms with Crippen molar-refractivity contribution in [1.29, 1.82) is 0 Å². The molecule has 0 spiro atoms. The lowest BCUT2D eigenvalue weighted by Gasteiger charge is -2.54. The van der Waals surface area contributed by atoms with Crippen LogP contribution in [0.1, 0.15) is 43.9 Å². The molecule has 1 N–H and O–H groups in total. The van der Waals surface area contributed by atoms with Gasteiger partial charge in [-0.1, -0.05) is 0 Å². The largest absolute Gasteiger partial charge is 0.356 e. The van der Waals surface area contributed by atoms with Crippen LogP contribution in [0.15, 0.2) is 0 Å². The first-order valence-electron chi connectivity index (χ1n) is 12.2. The maximum absolute atomic E-state index is 14.6. The molecular weight excluding hydrogens is 414 g/mol. The number of fused-ring (bicyclic) bond motifs is 3. The summed E-state index contributed by atoms with van der Waals surface area (Å²) in [4.78, 5) is 28.2. The Balaban J connectivity index is 1.21. The average molecular weight is 447 g/mol. The van der Waals surface area contributed by atoms with Crippen LogP contribution in [0.2, 0.25) is 0 Å². The van der Waals surface area contributed by atoms with E-state index in [1.807, 2.05) is 9.80 Å². The Morgan fingerprint density at radius 1 is 1.16 bits per heavy atom. The lowest BCUT2D eigenvalue weighted by atomic mass is 9.60. The molecule has 4 saturated heterocycles. The minimum atomic E-state index is -2.87. The first kappa shape index (κ1) is 20.6. The number of nitrogens with one attached hydrogen (secondary N) is 1. The number of piperidine rings is 2. The highest BCUT2D eigenvalue weighted by molar-refractivity contribution is 5.77. The Bertz CT molecular complexity index is 908. The van der Waals surface area contributed by atoms with Crippen molar-refractivity contribution in [2.24, 2.45) is 17.8 Å². The van der Waals surface area contributed by atoms with Gasteiger partial charge in [0, 0.05) is 70.3 Å². The number of amides is 1. The Hall–Kier alpha value is -2.03. The van der Waals surface area contributed by atoms with E-state index in [0.29, 0.717) is 48.1 Å². The molecule has 5 fully saturated rings. The van der Waals surface area contributed by atoms with Gasteiger partial charge < -0.3 is 20.0 Å². The van der Waals surface area contributed by atoms with E-state index in [2.05, 4.69) is 22.1 Å². The van der Waals surface area contributed by atoms with Gasteiger partial charge in [0.05, 0.1) is 0 Å². The van der Waals surface area contributed by atoms with E-state index in [4.69, 9.17) is 4.98 Å². The average Bonchev–Trinajstić information content (AvgIpc) is 3.11. The number of anilines is 2. The Labute approximate surface area is 187 Å². The zero-order valence-electron chi connectivity index (χ0n) is 18.7. The summed E-state index contributed by atoms with van der Waals surface area (Å²) in [5.41, 5.74) is 0.586. The van der Waals surface area contributed by atoms with Crippen molar-refractivity contribution < 1.29 is 13.6 Å². The van der Waals surface area contributed by atoms with Crippen LogP contribution in [0.3, 0.4) is 0 Å². The second-order valence-electron chi connectivity index (χ2n) is 10.4. The zero-order chi connectivity index (χ0) is 22.0. The number of carbonyl (C=O) groups is 1. The molecular formula is C23H32F2N6O. The number of alkyl halides is 2. The van der Waals surface area contributed by atoms with Crippen molar-refractivity contribution in [2.75, 3.05) is 55.6 Å². The van der Waals surface area contributed by atoms with Gasteiger partial charge in [-0.3, -0.25) is 4.79 Å². The van der Waals surface area contributed by atoms with Gasteiger partial charge in [-0.25, -0.2) is 4.98 Å². The molecule has 174 valence electrons. The second kappa shape index (κ2) is 7.50. The van der Waals surface area contributed by atoms with Crippen molar-refractivity contribution >= 4 is 17.7 Å². The quantitative estimate of drug-likeness (QED) is 0.764. The third-order valence-corrected chi connectivity index (χ3v) is 8.49. The van der Waals surface area contributed by atoms with Gasteiger partial charge in [-0.15, -0.1) is 0 Å². The summed E-state index contributed by atoms with van der Waals surface area (Å²) in [6.07, 6.45) is 2.97. The van der Waals surface area contributed by atoms with E-state index in [1.54, 1.807) is 0 Å². The normalized spacial score (nSPS) is 32.9. The van der Waals surface area contributed by atoms with Gasteiger partial charge in [0.25, 0.3) is 5.92 Å². The number of piperazine rings is 1. The number of aromatic nitrogens is 2. The summed E-state index contributed by atoms with van der Waals surface area (Å²) in [6, 6.07) is 0.297. The molecule has 1 saturated carbocycles. The molecule has 2 bridgehead atoms. The fourth-order valence-corrected chi connectivity index (χ4v) is 6.34. The molecule has 2 aliphatic carbocycles. The first-order valence-corrected chi connectivity index (χ1v) is 12.2. The molecule has 4 atom stereocenters. The highest BCUT2D eigenvalue weighted by Crippen LogP contribution is 2.51. The molecule has 5 heterocycles. The number of hydrogen-bond acceptors (Lipinski definition) is 6. The fraction of sp³-hybridized carbons (Fsp3) is 0.783. The molecule has 4 aliphatic heterocycles. The Morgan fingerprint density at radius 2 is 1.91 bits per heavy atom. The maximum atomic E-state index is 14.6. The summed E-state index contributed by atoms with van der Waals surface area (Å²) < 4.78 is 29.3. The number of rotatable bonds is 4. The van der Waals surface area contributed by atoms with Gasteiger partial charge in [0.15, 0.2) is 0 Å². The van der Waals surface area contributed by atoms with Gasteiger partial charge in [-0.2, -0.15) is 13.8 Å². The van der Waals surface area contributed by atoms with Gasteiger partial charge >= 0.3 is 0 Å². The molecule has 0 aromatic carbocycles. The SMILES string of the molecule is C[C@H]1CCN1c1nc(N2C[C@H]3C[C@@H](C2)C3CC(=O)N2CCNCC2)c2c(n1)C(F)(F)CC2. The Kier molecular flexibility index (Phi) is 4.82. The van der Waals surface area contributed by atoms with E-state index in [9.17, 15) is 13.6 Å². The summed E-state index contributed by atoms with van der Waals surface area (Å²) in [7, 11) is 0. The lowest BCUT2D eigenvalue weighted by molar-refractivity contribution is -0.135. The molecule has 0 radical (unpaired) electrons. The smallest absolute Gasteiger partial charge is 0.290 e. The molecule has 6 aliphatic rings. The van der Waals surface area contributed by atoms with E-state index >= 15 is 0 Å². The molecule has 1 amide bonds. The standard InChI is InChI=1S/C23H32F2N6O/c1-14-3-7-31(14)22-27-20-17(2-4-23(20,24)25)21(28-22)30-12-15-10-16(13-30)18(15)11-19(32)29-8-5-26-6-9-29/h14-16,18,26H,2-13H2,1H3/t14-,15-,16+,18?/m0/s1. The highest BCUT2D eigenvalue weighted by Gasteiger charge is 2.50. The molecule has 1 unspecified atom stereocenters. The highest BCUT2D eigenvalue weighted by atomic mass is 19.3. The van der Waals surface area contributed by atoms with Crippen molar-refractivity contribution in [3.05, 3.63) is 11.3 Å². The Morgan fingerprint density at radius 3 is 2.56 bits per heavy atom. The minimum absolute atomic E-state index is 0.0544. The predicted molar refractivity (Wildman–Crippen MR) is 117 cm³/mol. The summed E-state index contributed by atoms with van der Waals surface area (Å²) in [6.45, 7) is 7.87. The van der Waals surface area contributed by atoms with Crippen LogP contribution < -0.4 is 15.1 Å². The monoisotopic (exact) mass is 446 g/mol. The van der Waals surface area contributed by atoms with Crippen LogP contribution in [0.25, 0.3) is 0 Å². The molecule has 7 nitrogen and oxygen atoms in total. The van der Waals surface area contributed by atoms with E-state index in [1.165, 1.54) is 0 Å². The first-order chi connectivity index (χ1) is 15.4. The zero-order valence-corrected chi connectivity index (χ0v) is 18.7. The number of nitrogens with zero attached hydrogens (tertiary/aromatic N) is 5. The second-order valence-corrected chi connectivity index (χ2v) is 10.4. The number of hydrogen-bond donors (Lipinski definition) is 1. The molecule has 1 aromatic rings. The van der Waals surface area contributed by atoms with Crippen LogP contribution in [0.5, 0.6) is 0 Å². The summed E-state index contributed by atoms with van der Waals surface area (Å²) >= 11 is 0. The van der Waals surface area contributed by atoms with Gasteiger partial charge in [0.1, 0.15) is 11.5 Å². The molecule has 1 aromatic heterocycles. The molecule has 7 rings (SSSR count). The third kappa shape index (κ3) is 3.26. The maximum Gasteiger partial charge on any atom is 0.290 e. The van der Waals surface area contributed by atoms with Crippen LogP contribution in [-0.2, 0) is 17.1 Å². The molecule has 9 heteroatoms. The van der Waals surface area contributed by atoms with Crippen LogP contribution in [0.4, 0.5) is 20.5 Å². The third-order valence-electron chi connectivity index (χ3n) is 8.49. The van der Waals surface area contributed by atoms with Gasteiger partial charge in [-0.05, 0) is 43.9 Å². The summed E-state index contributed by atoms with van der Waals surface area (Å²) in [5.74, 6) is -0.103. The van der Waals surface area contributed by atoms with E-state index in [-0.39, 0.29) is 18.0 Å². The number of halogens is 2. The van der Waals surface area contributed by atoms with E-state index < -0.39 is 5.92 Å². The minimum Gasteiger partial charge on any atom is -0.356 e. The van der Waals surface area contributed by atoms with Crippen LogP contribution in [0, 0.1) is 17.8 Å². The van der Waals surface area contributed by atoms with E-state index in [0.717, 1.165) is 64.5 Å². The van der Waals surface area contributed by atoms with Crippen molar-refractivity contribution in [1.82, 2.24) is 20.2 Å². The van der Waals surface area contributed by atoms with Crippen molar-refractivity contribution in [3.63, 3.8) is 0 Å². The van der Waals surface area contributed by atoms with Crippen molar-refractivity contribution in [3.8, 4) is 0 Å².